The molecular weight excluding hydrogens is 364 g/mol. The second-order valence-corrected chi connectivity index (χ2v) is 7.78. The molecule has 0 spiro atoms. The zero-order chi connectivity index (χ0) is 20.4. The van der Waals surface area contributed by atoms with Crippen molar-refractivity contribution in [3.63, 3.8) is 0 Å². The number of carbonyl (C=O) groups is 1. The SMILES string of the molecule is Cc1cccc(CNC(=O)[C@@H]2CCCN(c3nc4ccccc4n(C)c3=O)C2)c1. The Labute approximate surface area is 170 Å². The van der Waals surface area contributed by atoms with Crippen LogP contribution in [-0.4, -0.2) is 28.5 Å². The zero-order valence-electron chi connectivity index (χ0n) is 16.9. The van der Waals surface area contributed by atoms with Gasteiger partial charge < -0.3 is 14.8 Å². The molecule has 3 aromatic rings. The standard InChI is InChI=1S/C23H26N4O2/c1-16-7-5-8-17(13-16)14-24-22(28)18-9-6-12-27(15-18)21-23(29)26(2)20-11-4-3-10-19(20)25-21/h3-5,7-8,10-11,13,18H,6,9,12,14-15H2,1-2H3,(H,24,28)/t18-/m1/s1. The van der Waals surface area contributed by atoms with Crippen molar-refractivity contribution < 1.29 is 4.79 Å². The third-order valence-corrected chi connectivity index (χ3v) is 5.61. The first-order valence-electron chi connectivity index (χ1n) is 10.1. The van der Waals surface area contributed by atoms with Crippen LogP contribution in [-0.2, 0) is 18.4 Å². The van der Waals surface area contributed by atoms with Crippen molar-refractivity contribution in [1.82, 2.24) is 14.9 Å². The number of fused-ring (bicyclic) bond motifs is 1. The monoisotopic (exact) mass is 390 g/mol. The van der Waals surface area contributed by atoms with E-state index in [-0.39, 0.29) is 17.4 Å². The van der Waals surface area contributed by atoms with Crippen molar-refractivity contribution in [2.24, 2.45) is 13.0 Å². The van der Waals surface area contributed by atoms with Crippen LogP contribution in [0.3, 0.4) is 0 Å². The van der Waals surface area contributed by atoms with Gasteiger partial charge in [-0.25, -0.2) is 4.98 Å². The molecule has 6 heteroatoms. The summed E-state index contributed by atoms with van der Waals surface area (Å²) < 4.78 is 1.64. The number of nitrogens with zero attached hydrogens (tertiary/aromatic N) is 3. The smallest absolute Gasteiger partial charge is 0.293 e. The maximum Gasteiger partial charge on any atom is 0.293 e. The minimum absolute atomic E-state index is 0.0359. The summed E-state index contributed by atoms with van der Waals surface area (Å²) in [5.74, 6) is 0.322. The van der Waals surface area contributed by atoms with Crippen molar-refractivity contribution in [2.45, 2.75) is 26.3 Å². The van der Waals surface area contributed by atoms with Gasteiger partial charge in [0, 0.05) is 26.7 Å². The Morgan fingerprint density at radius 3 is 2.86 bits per heavy atom. The third kappa shape index (κ3) is 4.01. The van der Waals surface area contributed by atoms with Crippen LogP contribution in [0.1, 0.15) is 24.0 Å². The van der Waals surface area contributed by atoms with Crippen LogP contribution in [0.25, 0.3) is 11.0 Å². The van der Waals surface area contributed by atoms with E-state index in [9.17, 15) is 9.59 Å². The van der Waals surface area contributed by atoms with E-state index in [1.165, 1.54) is 5.56 Å². The number of carbonyl (C=O) groups excluding carboxylic acids is 1. The van der Waals surface area contributed by atoms with Crippen LogP contribution >= 0.6 is 0 Å². The lowest BCUT2D eigenvalue weighted by molar-refractivity contribution is -0.125. The number of piperidine rings is 1. The molecule has 1 aliphatic rings. The highest BCUT2D eigenvalue weighted by atomic mass is 16.2. The number of aromatic nitrogens is 2. The lowest BCUT2D eigenvalue weighted by atomic mass is 9.97. The first-order chi connectivity index (χ1) is 14.0. The first kappa shape index (κ1) is 19.2. The van der Waals surface area contributed by atoms with Gasteiger partial charge in [0.25, 0.3) is 5.56 Å². The molecule has 2 heterocycles. The fraction of sp³-hybridized carbons (Fsp3) is 0.348. The topological polar surface area (TPSA) is 67.2 Å². The Kier molecular flexibility index (Phi) is 5.34. The van der Waals surface area contributed by atoms with E-state index in [1.54, 1.807) is 11.6 Å². The summed E-state index contributed by atoms with van der Waals surface area (Å²) in [6.45, 7) is 3.82. The molecule has 0 bridgehead atoms. The Morgan fingerprint density at radius 1 is 1.21 bits per heavy atom. The third-order valence-electron chi connectivity index (χ3n) is 5.61. The van der Waals surface area contributed by atoms with Crippen LogP contribution in [0.5, 0.6) is 0 Å². The number of hydrogen-bond donors (Lipinski definition) is 1. The average Bonchev–Trinajstić information content (AvgIpc) is 2.75. The molecule has 1 fully saturated rings. The molecule has 29 heavy (non-hydrogen) atoms. The van der Waals surface area contributed by atoms with Gasteiger partial charge in [0.05, 0.1) is 17.0 Å². The highest BCUT2D eigenvalue weighted by Gasteiger charge is 2.28. The molecule has 0 unspecified atom stereocenters. The van der Waals surface area contributed by atoms with Gasteiger partial charge in [-0.2, -0.15) is 0 Å². The second kappa shape index (κ2) is 8.07. The lowest BCUT2D eigenvalue weighted by Gasteiger charge is -2.32. The summed E-state index contributed by atoms with van der Waals surface area (Å²) in [7, 11) is 1.77. The van der Waals surface area contributed by atoms with Crippen LogP contribution in [0.4, 0.5) is 5.82 Å². The fourth-order valence-electron chi connectivity index (χ4n) is 4.01. The van der Waals surface area contributed by atoms with E-state index in [0.717, 1.165) is 36.0 Å². The largest absolute Gasteiger partial charge is 0.352 e. The normalized spacial score (nSPS) is 16.8. The molecule has 6 nitrogen and oxygen atoms in total. The quantitative estimate of drug-likeness (QED) is 0.744. The fourth-order valence-corrected chi connectivity index (χ4v) is 4.01. The predicted molar refractivity (Wildman–Crippen MR) is 115 cm³/mol. The van der Waals surface area contributed by atoms with Crippen LogP contribution in [0.15, 0.2) is 53.3 Å². The van der Waals surface area contributed by atoms with Crippen LogP contribution in [0.2, 0.25) is 0 Å². The van der Waals surface area contributed by atoms with Gasteiger partial charge in [-0.1, -0.05) is 42.0 Å². The van der Waals surface area contributed by atoms with Crippen LogP contribution in [0, 0.1) is 12.8 Å². The molecule has 1 saturated heterocycles. The molecule has 4 rings (SSSR count). The second-order valence-electron chi connectivity index (χ2n) is 7.78. The molecule has 0 aliphatic carbocycles. The molecule has 150 valence electrons. The number of benzene rings is 2. The van der Waals surface area contributed by atoms with Gasteiger partial charge >= 0.3 is 0 Å². The van der Waals surface area contributed by atoms with E-state index in [1.807, 2.05) is 54.3 Å². The van der Waals surface area contributed by atoms with E-state index in [0.29, 0.717) is 18.9 Å². The first-order valence-corrected chi connectivity index (χ1v) is 10.1. The predicted octanol–water partition coefficient (Wildman–Crippen LogP) is 2.77. The summed E-state index contributed by atoms with van der Waals surface area (Å²) in [5, 5.41) is 3.05. The van der Waals surface area contributed by atoms with Crippen LogP contribution < -0.4 is 15.8 Å². The average molecular weight is 390 g/mol. The minimum Gasteiger partial charge on any atom is -0.352 e. The molecule has 1 N–H and O–H groups in total. The number of anilines is 1. The summed E-state index contributed by atoms with van der Waals surface area (Å²) in [4.78, 5) is 32.2. The van der Waals surface area contributed by atoms with E-state index in [2.05, 4.69) is 16.4 Å². The maximum atomic E-state index is 12.9. The molecule has 1 aliphatic heterocycles. The number of amides is 1. The molecular formula is C23H26N4O2. The van der Waals surface area contributed by atoms with Gasteiger partial charge in [-0.15, -0.1) is 0 Å². The van der Waals surface area contributed by atoms with Gasteiger partial charge in [0.15, 0.2) is 5.82 Å². The minimum atomic E-state index is -0.147. The highest BCUT2D eigenvalue weighted by Crippen LogP contribution is 2.21. The Hall–Kier alpha value is -3.15. The van der Waals surface area contributed by atoms with E-state index >= 15 is 0 Å². The highest BCUT2D eigenvalue weighted by molar-refractivity contribution is 5.80. The summed E-state index contributed by atoms with van der Waals surface area (Å²) in [6.07, 6.45) is 1.68. The van der Waals surface area contributed by atoms with Crippen molar-refractivity contribution >= 4 is 22.8 Å². The van der Waals surface area contributed by atoms with Gasteiger partial charge in [-0.05, 0) is 37.5 Å². The van der Waals surface area contributed by atoms with Crippen molar-refractivity contribution in [2.75, 3.05) is 18.0 Å². The molecule has 1 aromatic heterocycles. The number of aryl methyl sites for hydroxylation is 2. The number of rotatable bonds is 4. The summed E-state index contributed by atoms with van der Waals surface area (Å²) in [6, 6.07) is 15.8. The Morgan fingerprint density at radius 2 is 2.03 bits per heavy atom. The lowest BCUT2D eigenvalue weighted by Crippen LogP contribution is -2.45. The summed E-state index contributed by atoms with van der Waals surface area (Å²) >= 11 is 0. The number of nitrogens with one attached hydrogen (secondary N) is 1. The van der Waals surface area contributed by atoms with Gasteiger partial charge in [0.2, 0.25) is 5.91 Å². The molecule has 2 aromatic carbocycles. The van der Waals surface area contributed by atoms with Crippen molar-refractivity contribution in [1.29, 1.82) is 0 Å². The van der Waals surface area contributed by atoms with E-state index < -0.39 is 0 Å². The maximum absolute atomic E-state index is 12.9. The van der Waals surface area contributed by atoms with Crippen molar-refractivity contribution in [3.8, 4) is 0 Å². The summed E-state index contributed by atoms with van der Waals surface area (Å²) in [5.41, 5.74) is 3.75. The molecule has 1 amide bonds. The Bertz CT molecular complexity index is 1110. The molecule has 1 atom stereocenters. The van der Waals surface area contributed by atoms with E-state index in [4.69, 9.17) is 0 Å². The number of para-hydroxylation sites is 2. The van der Waals surface area contributed by atoms with Crippen molar-refractivity contribution in [3.05, 3.63) is 70.0 Å². The zero-order valence-corrected chi connectivity index (χ0v) is 16.9. The van der Waals surface area contributed by atoms with Gasteiger partial charge in [-0.3, -0.25) is 9.59 Å². The Balaban J connectivity index is 1.50. The molecule has 0 saturated carbocycles. The molecule has 0 radical (unpaired) electrons. The van der Waals surface area contributed by atoms with Gasteiger partial charge in [0.1, 0.15) is 0 Å². The number of hydrogen-bond acceptors (Lipinski definition) is 4.